The average molecular weight is 251 g/mol. The van der Waals surface area contributed by atoms with Crippen LogP contribution in [0.25, 0.3) is 0 Å². The predicted octanol–water partition coefficient (Wildman–Crippen LogP) is 2.88. The Hall–Kier alpha value is -1.49. The number of H-pyrrole nitrogens is 1. The number of halogens is 1. The maximum absolute atomic E-state index is 13.4. The smallest absolute Gasteiger partial charge is 0.195 e. The van der Waals surface area contributed by atoms with Crippen molar-refractivity contribution in [1.29, 1.82) is 0 Å². The second-order valence-corrected chi connectivity index (χ2v) is 4.18. The van der Waals surface area contributed by atoms with Crippen molar-refractivity contribution in [3.63, 3.8) is 0 Å². The second kappa shape index (κ2) is 5.23. The van der Waals surface area contributed by atoms with Crippen molar-refractivity contribution in [3.05, 3.63) is 46.2 Å². The van der Waals surface area contributed by atoms with E-state index in [-0.39, 0.29) is 5.82 Å². The van der Waals surface area contributed by atoms with Gasteiger partial charge in [0.15, 0.2) is 4.77 Å². The first-order valence-electron chi connectivity index (χ1n) is 5.60. The van der Waals surface area contributed by atoms with Crippen LogP contribution in [-0.4, -0.2) is 14.8 Å². The van der Waals surface area contributed by atoms with Crippen molar-refractivity contribution in [2.24, 2.45) is 0 Å². The summed E-state index contributed by atoms with van der Waals surface area (Å²) >= 11 is 5.14. The van der Waals surface area contributed by atoms with Crippen LogP contribution in [-0.2, 0) is 19.4 Å². The summed E-state index contributed by atoms with van der Waals surface area (Å²) in [7, 11) is 0. The van der Waals surface area contributed by atoms with Gasteiger partial charge in [0.1, 0.15) is 11.6 Å². The Balaban J connectivity index is 2.15. The lowest BCUT2D eigenvalue weighted by Crippen LogP contribution is -2.06. The molecule has 2 rings (SSSR count). The fourth-order valence-electron chi connectivity index (χ4n) is 1.78. The van der Waals surface area contributed by atoms with Crippen molar-refractivity contribution in [1.82, 2.24) is 14.8 Å². The summed E-state index contributed by atoms with van der Waals surface area (Å²) in [6, 6.07) is 6.81. The van der Waals surface area contributed by atoms with Crippen LogP contribution < -0.4 is 0 Å². The minimum absolute atomic E-state index is 0.166. The van der Waals surface area contributed by atoms with Crippen LogP contribution in [0, 0.1) is 10.6 Å². The average Bonchev–Trinajstić information content (AvgIpc) is 2.69. The number of nitrogens with one attached hydrogen (secondary N) is 1. The predicted molar refractivity (Wildman–Crippen MR) is 66.9 cm³/mol. The van der Waals surface area contributed by atoms with E-state index in [2.05, 4.69) is 10.2 Å². The van der Waals surface area contributed by atoms with E-state index in [4.69, 9.17) is 12.2 Å². The molecule has 0 radical (unpaired) electrons. The summed E-state index contributed by atoms with van der Waals surface area (Å²) in [5, 5.41) is 6.88. The zero-order valence-electron chi connectivity index (χ0n) is 9.61. The number of benzene rings is 1. The molecule has 0 saturated heterocycles. The van der Waals surface area contributed by atoms with Crippen molar-refractivity contribution in [3.8, 4) is 0 Å². The maximum atomic E-state index is 13.4. The van der Waals surface area contributed by atoms with Gasteiger partial charge in [0.05, 0.1) is 0 Å². The molecule has 0 aliphatic rings. The van der Waals surface area contributed by atoms with Crippen LogP contribution in [0.4, 0.5) is 4.39 Å². The van der Waals surface area contributed by atoms with E-state index in [1.165, 1.54) is 6.07 Å². The molecule has 0 atom stereocenters. The molecule has 0 unspecified atom stereocenters. The molecule has 1 aromatic heterocycles. The van der Waals surface area contributed by atoms with Gasteiger partial charge in [-0.15, -0.1) is 0 Å². The highest BCUT2D eigenvalue weighted by molar-refractivity contribution is 7.71. The van der Waals surface area contributed by atoms with Crippen molar-refractivity contribution in [2.75, 3.05) is 0 Å². The molecule has 0 fully saturated rings. The Morgan fingerprint density at radius 2 is 2.18 bits per heavy atom. The third-order valence-electron chi connectivity index (χ3n) is 2.72. The van der Waals surface area contributed by atoms with E-state index in [1.54, 1.807) is 12.1 Å². The summed E-state index contributed by atoms with van der Waals surface area (Å²) in [4.78, 5) is 0. The van der Waals surface area contributed by atoms with Gasteiger partial charge in [0, 0.05) is 13.0 Å². The maximum Gasteiger partial charge on any atom is 0.195 e. The van der Waals surface area contributed by atoms with Crippen LogP contribution in [0.2, 0.25) is 0 Å². The molecule has 0 spiro atoms. The number of hydrogen-bond donors (Lipinski definition) is 1. The van der Waals surface area contributed by atoms with Crippen molar-refractivity contribution >= 4 is 12.2 Å². The molecule has 90 valence electrons. The lowest BCUT2D eigenvalue weighted by atomic mass is 10.1. The van der Waals surface area contributed by atoms with E-state index < -0.39 is 0 Å². The molecule has 0 saturated carbocycles. The van der Waals surface area contributed by atoms with E-state index >= 15 is 0 Å². The highest BCUT2D eigenvalue weighted by Gasteiger charge is 2.05. The summed E-state index contributed by atoms with van der Waals surface area (Å²) in [5.41, 5.74) is 0.706. The molecule has 1 heterocycles. The Bertz CT molecular complexity index is 559. The Morgan fingerprint density at radius 1 is 1.41 bits per heavy atom. The number of aromatic nitrogens is 3. The molecule has 3 nitrogen and oxygen atoms in total. The molecule has 0 bridgehead atoms. The fraction of sp³-hybridized carbons (Fsp3) is 0.333. The van der Waals surface area contributed by atoms with Gasteiger partial charge in [-0.05, 0) is 30.3 Å². The van der Waals surface area contributed by atoms with E-state index in [9.17, 15) is 4.39 Å². The Morgan fingerprint density at radius 3 is 2.88 bits per heavy atom. The molecule has 2 aromatic rings. The molecule has 5 heteroatoms. The number of aromatic amines is 1. The van der Waals surface area contributed by atoms with Gasteiger partial charge in [0.25, 0.3) is 0 Å². The van der Waals surface area contributed by atoms with Gasteiger partial charge in [-0.2, -0.15) is 5.10 Å². The molecule has 0 aliphatic heterocycles. The van der Waals surface area contributed by atoms with Gasteiger partial charge in [0.2, 0.25) is 0 Å². The molecule has 1 aromatic carbocycles. The van der Waals surface area contributed by atoms with Crippen LogP contribution >= 0.6 is 12.2 Å². The molecule has 17 heavy (non-hydrogen) atoms. The monoisotopic (exact) mass is 251 g/mol. The lowest BCUT2D eigenvalue weighted by molar-refractivity contribution is 0.585. The van der Waals surface area contributed by atoms with Crippen molar-refractivity contribution in [2.45, 2.75) is 26.3 Å². The SMILES string of the molecule is CCc1n[nH]c(=S)n1CCc1ccccc1F. The zero-order chi connectivity index (χ0) is 12.3. The quantitative estimate of drug-likeness (QED) is 0.848. The van der Waals surface area contributed by atoms with E-state index in [0.29, 0.717) is 23.3 Å². The minimum atomic E-state index is -0.166. The minimum Gasteiger partial charge on any atom is -0.304 e. The largest absolute Gasteiger partial charge is 0.304 e. The van der Waals surface area contributed by atoms with Crippen LogP contribution in [0.3, 0.4) is 0 Å². The summed E-state index contributed by atoms with van der Waals surface area (Å²) in [6.45, 7) is 2.67. The van der Waals surface area contributed by atoms with Gasteiger partial charge in [-0.25, -0.2) is 4.39 Å². The van der Waals surface area contributed by atoms with E-state index in [1.807, 2.05) is 17.6 Å². The van der Waals surface area contributed by atoms with E-state index in [0.717, 1.165) is 12.2 Å². The third kappa shape index (κ3) is 2.61. The first-order valence-corrected chi connectivity index (χ1v) is 6.00. The fourth-order valence-corrected chi connectivity index (χ4v) is 2.03. The Kier molecular flexibility index (Phi) is 3.68. The van der Waals surface area contributed by atoms with Gasteiger partial charge < -0.3 is 4.57 Å². The van der Waals surface area contributed by atoms with Crippen molar-refractivity contribution < 1.29 is 4.39 Å². The number of rotatable bonds is 4. The Labute approximate surface area is 104 Å². The topological polar surface area (TPSA) is 33.6 Å². The highest BCUT2D eigenvalue weighted by Crippen LogP contribution is 2.09. The number of nitrogens with zero attached hydrogens (tertiary/aromatic N) is 2. The normalized spacial score (nSPS) is 10.7. The summed E-state index contributed by atoms with van der Waals surface area (Å²) in [5.74, 6) is 0.743. The molecule has 0 aliphatic carbocycles. The molecule has 1 N–H and O–H groups in total. The second-order valence-electron chi connectivity index (χ2n) is 3.79. The molecular formula is C12H14FN3S. The van der Waals surface area contributed by atoms with Crippen LogP contribution in [0.15, 0.2) is 24.3 Å². The van der Waals surface area contributed by atoms with Crippen LogP contribution in [0.5, 0.6) is 0 Å². The summed E-state index contributed by atoms with van der Waals surface area (Å²) < 4.78 is 16.0. The van der Waals surface area contributed by atoms with Gasteiger partial charge in [-0.1, -0.05) is 25.1 Å². The standard InChI is InChI=1S/C12H14FN3S/c1-2-11-14-15-12(17)16(11)8-7-9-5-3-4-6-10(9)13/h3-6H,2,7-8H2,1H3,(H,15,17). The number of hydrogen-bond acceptors (Lipinski definition) is 2. The highest BCUT2D eigenvalue weighted by atomic mass is 32.1. The van der Waals surface area contributed by atoms with Crippen LogP contribution in [0.1, 0.15) is 18.3 Å². The number of aryl methyl sites for hydroxylation is 2. The third-order valence-corrected chi connectivity index (χ3v) is 3.03. The first-order chi connectivity index (χ1) is 8.22. The zero-order valence-corrected chi connectivity index (χ0v) is 10.4. The summed E-state index contributed by atoms with van der Waals surface area (Å²) in [6.07, 6.45) is 1.43. The van der Waals surface area contributed by atoms with Gasteiger partial charge >= 0.3 is 0 Å². The molecular weight excluding hydrogens is 237 g/mol. The lowest BCUT2D eigenvalue weighted by Gasteiger charge is -2.06. The van der Waals surface area contributed by atoms with Gasteiger partial charge in [-0.3, -0.25) is 5.10 Å². The molecule has 0 amide bonds. The first kappa shape index (κ1) is 12.0.